The van der Waals surface area contributed by atoms with Gasteiger partial charge in [-0.3, -0.25) is 4.79 Å². The molecule has 2 rings (SSSR count). The number of aromatic nitrogens is 1. The number of carbonyl (C=O) groups is 1. The van der Waals surface area contributed by atoms with Crippen molar-refractivity contribution in [2.24, 2.45) is 0 Å². The van der Waals surface area contributed by atoms with E-state index in [1.54, 1.807) is 0 Å². The highest BCUT2D eigenvalue weighted by Gasteiger charge is 2.34. The Labute approximate surface area is 132 Å². The lowest BCUT2D eigenvalue weighted by Crippen LogP contribution is -2.17. The summed E-state index contributed by atoms with van der Waals surface area (Å²) in [6.45, 7) is 0. The number of alkyl halides is 3. The van der Waals surface area contributed by atoms with Gasteiger partial charge in [-0.15, -0.1) is 0 Å². The molecule has 0 fully saturated rings. The fourth-order valence-electron chi connectivity index (χ4n) is 1.80. The number of anilines is 1. The first-order chi connectivity index (χ1) is 10.7. The maximum absolute atomic E-state index is 13.8. The van der Waals surface area contributed by atoms with Crippen LogP contribution >= 0.6 is 11.6 Å². The molecular weight excluding hydrogens is 343 g/mol. The molecule has 0 aliphatic heterocycles. The highest BCUT2D eigenvalue weighted by Crippen LogP contribution is 2.32. The molecule has 0 spiro atoms. The summed E-state index contributed by atoms with van der Waals surface area (Å²) in [6, 6.07) is 3.52. The molecule has 1 amide bonds. The van der Waals surface area contributed by atoms with Gasteiger partial charge >= 0.3 is 6.18 Å². The lowest BCUT2D eigenvalue weighted by atomic mass is 10.1. The second-order valence-electron chi connectivity index (χ2n) is 4.50. The second kappa shape index (κ2) is 6.49. The van der Waals surface area contributed by atoms with Gasteiger partial charge in [-0.2, -0.15) is 13.2 Å². The molecule has 0 bridgehead atoms. The van der Waals surface area contributed by atoms with Gasteiger partial charge in [0.1, 0.15) is 5.82 Å². The molecule has 1 aromatic heterocycles. The Bertz CT molecular complexity index is 748. The van der Waals surface area contributed by atoms with Crippen molar-refractivity contribution >= 4 is 23.2 Å². The molecule has 0 radical (unpaired) electrons. The van der Waals surface area contributed by atoms with E-state index in [0.717, 1.165) is 24.4 Å². The van der Waals surface area contributed by atoms with Gasteiger partial charge in [-0.05, 0) is 11.6 Å². The van der Waals surface area contributed by atoms with Crippen LogP contribution in [0.3, 0.4) is 0 Å². The van der Waals surface area contributed by atoms with E-state index in [1.165, 1.54) is 0 Å². The molecule has 1 N–H and O–H groups in total. The smallest absolute Gasteiger partial charge is 0.324 e. The van der Waals surface area contributed by atoms with Crippen LogP contribution in [-0.4, -0.2) is 10.9 Å². The standard InChI is InChI=1S/C14H8ClF5N2O/c15-13-10(16)5-8(6-21-13)22-11(23)4-7-2-1-3-9(12(7)17)14(18,19)20/h1-3,5-6H,4H2,(H,22,23). The minimum absolute atomic E-state index is 0.0516. The van der Waals surface area contributed by atoms with E-state index >= 15 is 0 Å². The molecule has 0 saturated heterocycles. The largest absolute Gasteiger partial charge is 0.419 e. The van der Waals surface area contributed by atoms with E-state index in [0.29, 0.717) is 6.07 Å². The third kappa shape index (κ3) is 4.16. The molecule has 1 heterocycles. The van der Waals surface area contributed by atoms with Crippen LogP contribution in [0.5, 0.6) is 0 Å². The number of hydrogen-bond acceptors (Lipinski definition) is 2. The lowest BCUT2D eigenvalue weighted by molar-refractivity contribution is -0.140. The molecule has 0 aliphatic carbocycles. The molecule has 23 heavy (non-hydrogen) atoms. The van der Waals surface area contributed by atoms with Crippen LogP contribution in [0.25, 0.3) is 0 Å². The number of pyridine rings is 1. The topological polar surface area (TPSA) is 42.0 Å². The van der Waals surface area contributed by atoms with Crippen molar-refractivity contribution in [2.75, 3.05) is 5.32 Å². The number of halogens is 6. The fraction of sp³-hybridized carbons (Fsp3) is 0.143. The zero-order valence-electron chi connectivity index (χ0n) is 11.2. The van der Waals surface area contributed by atoms with Crippen molar-refractivity contribution < 1.29 is 26.7 Å². The molecule has 2 aromatic rings. The van der Waals surface area contributed by atoms with E-state index in [2.05, 4.69) is 10.3 Å². The van der Waals surface area contributed by atoms with Gasteiger partial charge in [-0.1, -0.05) is 23.7 Å². The zero-order valence-corrected chi connectivity index (χ0v) is 12.0. The minimum atomic E-state index is -4.86. The summed E-state index contributed by atoms with van der Waals surface area (Å²) in [5.74, 6) is -3.22. The van der Waals surface area contributed by atoms with Crippen molar-refractivity contribution in [1.29, 1.82) is 0 Å². The van der Waals surface area contributed by atoms with Crippen LogP contribution in [0.2, 0.25) is 5.15 Å². The molecule has 0 atom stereocenters. The molecule has 122 valence electrons. The maximum atomic E-state index is 13.8. The zero-order chi connectivity index (χ0) is 17.2. The summed E-state index contributed by atoms with van der Waals surface area (Å²) in [7, 11) is 0. The quantitative estimate of drug-likeness (QED) is 0.665. The Hall–Kier alpha value is -2.22. The number of benzene rings is 1. The molecular formula is C14H8ClF5N2O. The summed E-state index contributed by atoms with van der Waals surface area (Å²) in [6.07, 6.45) is -4.45. The molecule has 3 nitrogen and oxygen atoms in total. The number of carbonyl (C=O) groups excluding carboxylic acids is 1. The van der Waals surface area contributed by atoms with Gasteiger partial charge in [0.05, 0.1) is 23.9 Å². The van der Waals surface area contributed by atoms with Crippen LogP contribution in [0.15, 0.2) is 30.5 Å². The van der Waals surface area contributed by atoms with E-state index in [9.17, 15) is 26.7 Å². The average molecular weight is 351 g/mol. The Kier molecular flexibility index (Phi) is 4.84. The number of nitrogens with zero attached hydrogens (tertiary/aromatic N) is 1. The number of amides is 1. The predicted molar refractivity (Wildman–Crippen MR) is 72.9 cm³/mol. The van der Waals surface area contributed by atoms with Crippen molar-refractivity contribution in [3.63, 3.8) is 0 Å². The van der Waals surface area contributed by atoms with E-state index in [-0.39, 0.29) is 5.69 Å². The average Bonchev–Trinajstić information content (AvgIpc) is 2.44. The van der Waals surface area contributed by atoms with Gasteiger partial charge in [0.15, 0.2) is 11.0 Å². The first-order valence-electron chi connectivity index (χ1n) is 6.14. The van der Waals surface area contributed by atoms with Gasteiger partial charge in [0, 0.05) is 6.07 Å². The van der Waals surface area contributed by atoms with Crippen molar-refractivity contribution in [1.82, 2.24) is 4.98 Å². The second-order valence-corrected chi connectivity index (χ2v) is 4.86. The molecule has 0 aliphatic rings. The summed E-state index contributed by atoms with van der Waals surface area (Å²) >= 11 is 5.37. The minimum Gasteiger partial charge on any atom is -0.324 e. The highest BCUT2D eigenvalue weighted by molar-refractivity contribution is 6.29. The summed E-state index contributed by atoms with van der Waals surface area (Å²) in [5.41, 5.74) is -1.94. The molecule has 0 saturated carbocycles. The lowest BCUT2D eigenvalue weighted by Gasteiger charge is -2.11. The maximum Gasteiger partial charge on any atom is 0.419 e. The Morgan fingerprint density at radius 3 is 2.57 bits per heavy atom. The Morgan fingerprint density at radius 1 is 1.26 bits per heavy atom. The van der Waals surface area contributed by atoms with Crippen LogP contribution in [0.4, 0.5) is 27.6 Å². The Balaban J connectivity index is 2.16. The fourth-order valence-corrected chi connectivity index (χ4v) is 1.91. The van der Waals surface area contributed by atoms with Crippen molar-refractivity contribution in [2.45, 2.75) is 12.6 Å². The first kappa shape index (κ1) is 17.1. The van der Waals surface area contributed by atoms with E-state index in [4.69, 9.17) is 11.6 Å². The van der Waals surface area contributed by atoms with Gasteiger partial charge < -0.3 is 5.32 Å². The van der Waals surface area contributed by atoms with E-state index in [1.807, 2.05) is 0 Å². The monoisotopic (exact) mass is 350 g/mol. The van der Waals surface area contributed by atoms with Crippen LogP contribution in [0.1, 0.15) is 11.1 Å². The van der Waals surface area contributed by atoms with Gasteiger partial charge in [-0.25, -0.2) is 13.8 Å². The summed E-state index contributed by atoms with van der Waals surface area (Å²) in [4.78, 5) is 15.2. The third-order valence-electron chi connectivity index (χ3n) is 2.82. The number of nitrogens with one attached hydrogen (secondary N) is 1. The molecule has 1 aromatic carbocycles. The molecule has 0 unspecified atom stereocenters. The predicted octanol–water partition coefficient (Wildman–Crippen LogP) is 4.21. The van der Waals surface area contributed by atoms with Crippen LogP contribution < -0.4 is 5.32 Å². The van der Waals surface area contributed by atoms with Crippen LogP contribution in [-0.2, 0) is 17.4 Å². The summed E-state index contributed by atoms with van der Waals surface area (Å²) in [5, 5.41) is 1.80. The number of rotatable bonds is 3. The molecule has 9 heteroatoms. The first-order valence-corrected chi connectivity index (χ1v) is 6.51. The Morgan fingerprint density at radius 2 is 1.96 bits per heavy atom. The van der Waals surface area contributed by atoms with Gasteiger partial charge in [0.2, 0.25) is 5.91 Å². The normalized spacial score (nSPS) is 11.4. The summed E-state index contributed by atoms with van der Waals surface area (Å²) < 4.78 is 64.7. The van der Waals surface area contributed by atoms with Crippen molar-refractivity contribution in [3.8, 4) is 0 Å². The van der Waals surface area contributed by atoms with Crippen molar-refractivity contribution in [3.05, 3.63) is 58.4 Å². The third-order valence-corrected chi connectivity index (χ3v) is 3.09. The SMILES string of the molecule is O=C(Cc1cccc(C(F)(F)F)c1F)Nc1cnc(Cl)c(F)c1. The highest BCUT2D eigenvalue weighted by atomic mass is 35.5. The van der Waals surface area contributed by atoms with Gasteiger partial charge in [0.25, 0.3) is 0 Å². The van der Waals surface area contributed by atoms with Crippen LogP contribution in [0, 0.1) is 11.6 Å². The number of hydrogen-bond donors (Lipinski definition) is 1. The van der Waals surface area contributed by atoms with E-state index < -0.39 is 46.4 Å².